The van der Waals surface area contributed by atoms with Crippen LogP contribution in [0.2, 0.25) is 0 Å². The average molecular weight is 257 g/mol. The molecular weight excluding hydrogens is 226 g/mol. The van der Waals surface area contributed by atoms with E-state index < -0.39 is 0 Å². The molecule has 3 nitrogen and oxygen atoms in total. The van der Waals surface area contributed by atoms with Crippen molar-refractivity contribution >= 4 is 0 Å². The fourth-order valence-corrected chi connectivity index (χ4v) is 2.40. The fourth-order valence-electron chi connectivity index (χ4n) is 2.40. The topological polar surface area (TPSA) is 30.5 Å². The molecule has 0 aromatic rings. The number of ether oxygens (including phenoxy) is 2. The van der Waals surface area contributed by atoms with Crippen molar-refractivity contribution in [3.8, 4) is 0 Å². The maximum Gasteiger partial charge on any atom is 0.0726 e. The van der Waals surface area contributed by atoms with E-state index in [1.54, 1.807) is 0 Å². The Kier molecular flexibility index (Phi) is 9.54. The molecule has 1 aliphatic rings. The third kappa shape index (κ3) is 7.34. The van der Waals surface area contributed by atoms with Gasteiger partial charge in [-0.1, -0.05) is 32.6 Å². The molecule has 1 saturated heterocycles. The first-order valence-corrected chi connectivity index (χ1v) is 7.77. The number of nitrogens with one attached hydrogen (secondary N) is 1. The van der Waals surface area contributed by atoms with Gasteiger partial charge in [0.1, 0.15) is 0 Å². The van der Waals surface area contributed by atoms with Gasteiger partial charge < -0.3 is 14.8 Å². The quantitative estimate of drug-likeness (QED) is 0.577. The lowest BCUT2D eigenvalue weighted by Crippen LogP contribution is -2.38. The van der Waals surface area contributed by atoms with Gasteiger partial charge in [0.15, 0.2) is 0 Å². The van der Waals surface area contributed by atoms with Crippen LogP contribution in [0.1, 0.15) is 58.8 Å². The van der Waals surface area contributed by atoms with Crippen molar-refractivity contribution in [3.63, 3.8) is 0 Å². The molecule has 0 aromatic carbocycles. The summed E-state index contributed by atoms with van der Waals surface area (Å²) in [5, 5.41) is 3.49. The van der Waals surface area contributed by atoms with E-state index in [4.69, 9.17) is 9.47 Å². The highest BCUT2D eigenvalue weighted by atomic mass is 16.5. The lowest BCUT2D eigenvalue weighted by Gasteiger charge is -2.19. The number of unbranched alkanes of at least 4 members (excludes halogenated alkanes) is 4. The highest BCUT2D eigenvalue weighted by Crippen LogP contribution is 2.15. The monoisotopic (exact) mass is 257 g/mol. The van der Waals surface area contributed by atoms with Crippen molar-refractivity contribution in [3.05, 3.63) is 0 Å². The second kappa shape index (κ2) is 10.8. The Hall–Kier alpha value is -0.120. The van der Waals surface area contributed by atoms with Gasteiger partial charge in [0.25, 0.3) is 0 Å². The molecule has 0 aliphatic carbocycles. The van der Waals surface area contributed by atoms with Gasteiger partial charge in [-0.2, -0.15) is 0 Å². The molecule has 0 saturated carbocycles. The van der Waals surface area contributed by atoms with E-state index in [-0.39, 0.29) is 0 Å². The third-order valence-corrected chi connectivity index (χ3v) is 3.63. The molecule has 108 valence electrons. The molecule has 0 amide bonds. The van der Waals surface area contributed by atoms with E-state index in [0.29, 0.717) is 12.1 Å². The van der Waals surface area contributed by atoms with Gasteiger partial charge >= 0.3 is 0 Å². The highest BCUT2D eigenvalue weighted by molar-refractivity contribution is 4.76. The first-order chi connectivity index (χ1) is 8.84. The molecule has 0 bridgehead atoms. The Morgan fingerprint density at radius 3 is 2.78 bits per heavy atom. The van der Waals surface area contributed by atoms with E-state index in [9.17, 15) is 0 Å². The molecule has 2 atom stereocenters. The minimum absolute atomic E-state index is 0.416. The zero-order valence-electron chi connectivity index (χ0n) is 12.2. The van der Waals surface area contributed by atoms with Crippen molar-refractivity contribution in [2.75, 3.05) is 26.4 Å². The van der Waals surface area contributed by atoms with Crippen LogP contribution >= 0.6 is 0 Å². The molecule has 1 N–H and O–H groups in total. The van der Waals surface area contributed by atoms with Gasteiger partial charge in [-0.05, 0) is 26.2 Å². The standard InChI is InChI=1S/C15H31NO2/c1-3-4-5-6-7-11-17-13-10-16-14(2)15-9-8-12-18-15/h14-16H,3-13H2,1-2H3. The van der Waals surface area contributed by atoms with Gasteiger partial charge in [0.05, 0.1) is 12.7 Å². The summed E-state index contributed by atoms with van der Waals surface area (Å²) in [6.07, 6.45) is 9.38. The van der Waals surface area contributed by atoms with E-state index in [1.165, 1.54) is 44.9 Å². The van der Waals surface area contributed by atoms with Crippen molar-refractivity contribution in [1.29, 1.82) is 0 Å². The molecule has 3 heteroatoms. The Balaban J connectivity index is 1.80. The molecule has 1 rings (SSSR count). The first kappa shape index (κ1) is 15.9. The Bertz CT molecular complexity index is 181. The zero-order valence-corrected chi connectivity index (χ0v) is 12.2. The summed E-state index contributed by atoms with van der Waals surface area (Å²) in [5.74, 6) is 0. The Morgan fingerprint density at radius 1 is 1.22 bits per heavy atom. The second-order valence-electron chi connectivity index (χ2n) is 5.32. The van der Waals surface area contributed by atoms with Gasteiger partial charge in [-0.15, -0.1) is 0 Å². The van der Waals surface area contributed by atoms with Crippen LogP contribution in [0.5, 0.6) is 0 Å². The molecule has 0 aromatic heterocycles. The van der Waals surface area contributed by atoms with Crippen LogP contribution in [0.4, 0.5) is 0 Å². The first-order valence-electron chi connectivity index (χ1n) is 7.77. The third-order valence-electron chi connectivity index (χ3n) is 3.63. The summed E-state index contributed by atoms with van der Waals surface area (Å²) >= 11 is 0. The lowest BCUT2D eigenvalue weighted by atomic mass is 10.1. The highest BCUT2D eigenvalue weighted by Gasteiger charge is 2.21. The average Bonchev–Trinajstić information content (AvgIpc) is 2.90. The Labute approximate surface area is 113 Å². The molecule has 18 heavy (non-hydrogen) atoms. The molecule has 1 heterocycles. The molecule has 1 fully saturated rings. The maximum atomic E-state index is 5.64. The van der Waals surface area contributed by atoms with Gasteiger partial charge in [-0.25, -0.2) is 0 Å². The molecule has 0 spiro atoms. The van der Waals surface area contributed by atoms with E-state index >= 15 is 0 Å². The number of hydrogen-bond donors (Lipinski definition) is 1. The summed E-state index contributed by atoms with van der Waals surface area (Å²) in [4.78, 5) is 0. The molecule has 0 radical (unpaired) electrons. The fraction of sp³-hybridized carbons (Fsp3) is 1.00. The van der Waals surface area contributed by atoms with Crippen molar-refractivity contribution < 1.29 is 9.47 Å². The van der Waals surface area contributed by atoms with Crippen molar-refractivity contribution in [2.24, 2.45) is 0 Å². The van der Waals surface area contributed by atoms with E-state index in [2.05, 4.69) is 19.2 Å². The van der Waals surface area contributed by atoms with Crippen molar-refractivity contribution in [1.82, 2.24) is 5.32 Å². The summed E-state index contributed by atoms with van der Waals surface area (Å²) in [7, 11) is 0. The van der Waals surface area contributed by atoms with Gasteiger partial charge in [0, 0.05) is 25.8 Å². The van der Waals surface area contributed by atoms with Gasteiger partial charge in [0.2, 0.25) is 0 Å². The van der Waals surface area contributed by atoms with Crippen LogP contribution in [-0.2, 0) is 9.47 Å². The summed E-state index contributed by atoms with van der Waals surface area (Å²) < 4.78 is 11.3. The van der Waals surface area contributed by atoms with E-state index in [1.807, 2.05) is 0 Å². The SMILES string of the molecule is CCCCCCCOCCNC(C)C1CCCO1. The smallest absolute Gasteiger partial charge is 0.0726 e. The summed E-state index contributed by atoms with van der Waals surface area (Å²) in [6, 6.07) is 0.459. The summed E-state index contributed by atoms with van der Waals surface area (Å²) in [6.45, 7) is 8.07. The number of rotatable bonds is 11. The molecule has 2 unspecified atom stereocenters. The van der Waals surface area contributed by atoms with Crippen LogP contribution in [0, 0.1) is 0 Å². The molecular formula is C15H31NO2. The van der Waals surface area contributed by atoms with Crippen LogP contribution in [-0.4, -0.2) is 38.5 Å². The normalized spacial score (nSPS) is 21.3. The zero-order chi connectivity index (χ0) is 13.1. The minimum atomic E-state index is 0.416. The van der Waals surface area contributed by atoms with Crippen LogP contribution in [0.15, 0.2) is 0 Å². The second-order valence-corrected chi connectivity index (χ2v) is 5.32. The van der Waals surface area contributed by atoms with Crippen LogP contribution < -0.4 is 5.32 Å². The lowest BCUT2D eigenvalue weighted by molar-refractivity contribution is 0.0766. The van der Waals surface area contributed by atoms with Crippen LogP contribution in [0.25, 0.3) is 0 Å². The number of hydrogen-bond acceptors (Lipinski definition) is 3. The largest absolute Gasteiger partial charge is 0.380 e. The predicted molar refractivity (Wildman–Crippen MR) is 76.0 cm³/mol. The van der Waals surface area contributed by atoms with E-state index in [0.717, 1.165) is 26.4 Å². The minimum Gasteiger partial charge on any atom is -0.380 e. The predicted octanol–water partition coefficient (Wildman–Crippen LogP) is 3.13. The van der Waals surface area contributed by atoms with Crippen molar-refractivity contribution in [2.45, 2.75) is 70.9 Å². The summed E-state index contributed by atoms with van der Waals surface area (Å²) in [5.41, 5.74) is 0. The van der Waals surface area contributed by atoms with Crippen LogP contribution in [0.3, 0.4) is 0 Å². The Morgan fingerprint density at radius 2 is 2.06 bits per heavy atom. The maximum absolute atomic E-state index is 5.64. The van der Waals surface area contributed by atoms with Gasteiger partial charge in [-0.3, -0.25) is 0 Å². The molecule has 1 aliphatic heterocycles.